The van der Waals surface area contributed by atoms with Crippen molar-refractivity contribution in [3.05, 3.63) is 57.7 Å². The molecule has 0 saturated heterocycles. The Labute approximate surface area is 140 Å². The number of halogens is 1. The van der Waals surface area contributed by atoms with Crippen LogP contribution in [0.5, 0.6) is 11.5 Å². The Balaban J connectivity index is 1.77. The first kappa shape index (κ1) is 16.1. The van der Waals surface area contributed by atoms with E-state index < -0.39 is 0 Å². The molecular formula is C18H21IO2. The van der Waals surface area contributed by atoms with Gasteiger partial charge in [-0.3, -0.25) is 0 Å². The van der Waals surface area contributed by atoms with Crippen LogP contribution in [0.25, 0.3) is 0 Å². The summed E-state index contributed by atoms with van der Waals surface area (Å²) in [6, 6.07) is 16.3. The predicted octanol–water partition coefficient (Wildman–Crippen LogP) is 5.05. The van der Waals surface area contributed by atoms with E-state index in [1.807, 2.05) is 36.4 Å². The van der Waals surface area contributed by atoms with Gasteiger partial charge in [0.25, 0.3) is 0 Å². The molecule has 0 spiro atoms. The van der Waals surface area contributed by atoms with Crippen molar-refractivity contribution in [2.75, 3.05) is 13.2 Å². The summed E-state index contributed by atoms with van der Waals surface area (Å²) in [6.45, 7) is 7.70. The molecule has 0 unspecified atom stereocenters. The number of rotatable bonds is 5. The van der Waals surface area contributed by atoms with Crippen molar-refractivity contribution in [3.8, 4) is 11.5 Å². The van der Waals surface area contributed by atoms with Crippen LogP contribution in [0.2, 0.25) is 0 Å². The summed E-state index contributed by atoms with van der Waals surface area (Å²) in [7, 11) is 0. The minimum atomic E-state index is 0.173. The topological polar surface area (TPSA) is 18.5 Å². The van der Waals surface area contributed by atoms with Gasteiger partial charge in [-0.1, -0.05) is 32.9 Å². The van der Waals surface area contributed by atoms with Gasteiger partial charge in [-0.05, 0) is 70.0 Å². The third-order valence-corrected chi connectivity index (χ3v) is 3.87. The molecular weight excluding hydrogens is 375 g/mol. The van der Waals surface area contributed by atoms with Gasteiger partial charge in [0.1, 0.15) is 24.7 Å². The van der Waals surface area contributed by atoms with E-state index in [1.165, 1.54) is 9.13 Å². The average Bonchev–Trinajstić information content (AvgIpc) is 2.45. The Hall–Kier alpha value is -1.23. The van der Waals surface area contributed by atoms with E-state index in [4.69, 9.17) is 9.47 Å². The number of hydrogen-bond donors (Lipinski definition) is 0. The van der Waals surface area contributed by atoms with E-state index in [-0.39, 0.29) is 5.41 Å². The fourth-order valence-electron chi connectivity index (χ4n) is 1.90. The van der Waals surface area contributed by atoms with Gasteiger partial charge in [0.15, 0.2) is 0 Å². The maximum absolute atomic E-state index is 5.69. The third kappa shape index (κ3) is 5.23. The van der Waals surface area contributed by atoms with E-state index in [9.17, 15) is 0 Å². The summed E-state index contributed by atoms with van der Waals surface area (Å²) in [5, 5.41) is 0. The Morgan fingerprint density at radius 2 is 1.19 bits per heavy atom. The maximum atomic E-state index is 5.69. The lowest BCUT2D eigenvalue weighted by Crippen LogP contribution is -2.11. The third-order valence-electron chi connectivity index (χ3n) is 3.15. The maximum Gasteiger partial charge on any atom is 0.122 e. The lowest BCUT2D eigenvalue weighted by molar-refractivity contribution is 0.217. The molecule has 2 aromatic carbocycles. The molecule has 112 valence electrons. The largest absolute Gasteiger partial charge is 0.490 e. The van der Waals surface area contributed by atoms with E-state index in [1.54, 1.807) is 0 Å². The highest BCUT2D eigenvalue weighted by molar-refractivity contribution is 14.1. The van der Waals surface area contributed by atoms with Crippen molar-refractivity contribution in [1.29, 1.82) is 0 Å². The second-order valence-corrected chi connectivity index (χ2v) is 7.17. The summed E-state index contributed by atoms with van der Waals surface area (Å²) < 4.78 is 12.5. The van der Waals surface area contributed by atoms with Crippen LogP contribution in [0.4, 0.5) is 0 Å². The summed E-state index contributed by atoms with van der Waals surface area (Å²) in [5.74, 6) is 1.76. The van der Waals surface area contributed by atoms with Gasteiger partial charge in [-0.15, -0.1) is 0 Å². The van der Waals surface area contributed by atoms with Crippen LogP contribution in [0.15, 0.2) is 48.5 Å². The van der Waals surface area contributed by atoms with E-state index in [2.05, 4.69) is 55.5 Å². The van der Waals surface area contributed by atoms with Crippen LogP contribution in [0, 0.1) is 3.57 Å². The predicted molar refractivity (Wildman–Crippen MR) is 95.3 cm³/mol. The van der Waals surface area contributed by atoms with Crippen molar-refractivity contribution >= 4 is 22.6 Å². The molecule has 0 N–H and O–H groups in total. The molecule has 0 aromatic heterocycles. The van der Waals surface area contributed by atoms with Gasteiger partial charge in [0, 0.05) is 3.57 Å². The second-order valence-electron chi connectivity index (χ2n) is 5.93. The number of ether oxygens (including phenoxy) is 2. The summed E-state index contributed by atoms with van der Waals surface area (Å²) >= 11 is 2.28. The molecule has 0 aliphatic rings. The molecule has 0 aliphatic carbocycles. The standard InChI is InChI=1S/C18H21IO2/c1-18(2,3)14-4-8-16(9-5-14)20-12-13-21-17-10-6-15(19)7-11-17/h4-11H,12-13H2,1-3H3. The lowest BCUT2D eigenvalue weighted by Gasteiger charge is -2.19. The molecule has 0 radical (unpaired) electrons. The highest BCUT2D eigenvalue weighted by atomic mass is 127. The monoisotopic (exact) mass is 396 g/mol. The summed E-state index contributed by atoms with van der Waals surface area (Å²) in [6.07, 6.45) is 0. The van der Waals surface area contributed by atoms with Gasteiger partial charge in [0.2, 0.25) is 0 Å². The quantitative estimate of drug-likeness (QED) is 0.521. The lowest BCUT2D eigenvalue weighted by atomic mass is 9.87. The molecule has 2 rings (SSSR count). The molecule has 0 atom stereocenters. The van der Waals surface area contributed by atoms with Crippen LogP contribution in [0.3, 0.4) is 0 Å². The molecule has 0 aliphatic heterocycles. The number of hydrogen-bond acceptors (Lipinski definition) is 2. The second kappa shape index (κ2) is 7.16. The zero-order valence-electron chi connectivity index (χ0n) is 12.7. The van der Waals surface area contributed by atoms with Crippen molar-refractivity contribution in [3.63, 3.8) is 0 Å². The van der Waals surface area contributed by atoms with E-state index in [0.717, 1.165) is 11.5 Å². The zero-order valence-corrected chi connectivity index (χ0v) is 14.9. The van der Waals surface area contributed by atoms with Crippen LogP contribution >= 0.6 is 22.6 Å². The highest BCUT2D eigenvalue weighted by Crippen LogP contribution is 2.24. The fourth-order valence-corrected chi connectivity index (χ4v) is 2.26. The van der Waals surface area contributed by atoms with Crippen molar-refractivity contribution in [2.24, 2.45) is 0 Å². The molecule has 2 aromatic rings. The fraction of sp³-hybridized carbons (Fsp3) is 0.333. The normalized spacial score (nSPS) is 11.2. The molecule has 0 bridgehead atoms. The first-order valence-electron chi connectivity index (χ1n) is 7.07. The smallest absolute Gasteiger partial charge is 0.122 e. The first-order chi connectivity index (χ1) is 9.95. The first-order valence-corrected chi connectivity index (χ1v) is 8.15. The Morgan fingerprint density at radius 1 is 0.762 bits per heavy atom. The summed E-state index contributed by atoms with van der Waals surface area (Å²) in [4.78, 5) is 0. The van der Waals surface area contributed by atoms with E-state index in [0.29, 0.717) is 13.2 Å². The molecule has 21 heavy (non-hydrogen) atoms. The van der Waals surface area contributed by atoms with Crippen LogP contribution in [0.1, 0.15) is 26.3 Å². The molecule has 2 nitrogen and oxygen atoms in total. The van der Waals surface area contributed by atoms with Gasteiger partial charge in [-0.25, -0.2) is 0 Å². The van der Waals surface area contributed by atoms with Gasteiger partial charge < -0.3 is 9.47 Å². The van der Waals surface area contributed by atoms with E-state index >= 15 is 0 Å². The average molecular weight is 396 g/mol. The minimum Gasteiger partial charge on any atom is -0.490 e. The minimum absolute atomic E-state index is 0.173. The molecule has 0 saturated carbocycles. The van der Waals surface area contributed by atoms with Crippen LogP contribution < -0.4 is 9.47 Å². The highest BCUT2D eigenvalue weighted by Gasteiger charge is 2.12. The SMILES string of the molecule is CC(C)(C)c1ccc(OCCOc2ccc(I)cc2)cc1. The van der Waals surface area contributed by atoms with Gasteiger partial charge in [-0.2, -0.15) is 0 Å². The molecule has 0 amide bonds. The van der Waals surface area contributed by atoms with Gasteiger partial charge in [0.05, 0.1) is 0 Å². The molecule has 0 fully saturated rings. The van der Waals surface area contributed by atoms with Gasteiger partial charge >= 0.3 is 0 Å². The van der Waals surface area contributed by atoms with Crippen molar-refractivity contribution in [2.45, 2.75) is 26.2 Å². The van der Waals surface area contributed by atoms with Crippen molar-refractivity contribution in [1.82, 2.24) is 0 Å². The molecule has 3 heteroatoms. The number of benzene rings is 2. The van der Waals surface area contributed by atoms with Crippen LogP contribution in [-0.4, -0.2) is 13.2 Å². The van der Waals surface area contributed by atoms with Crippen molar-refractivity contribution < 1.29 is 9.47 Å². The zero-order chi connectivity index (χ0) is 15.3. The molecule has 0 heterocycles. The Kier molecular flexibility index (Phi) is 5.51. The summed E-state index contributed by atoms with van der Waals surface area (Å²) in [5.41, 5.74) is 1.48. The Bertz CT molecular complexity index is 553. The van der Waals surface area contributed by atoms with Crippen LogP contribution in [-0.2, 0) is 5.41 Å². The Morgan fingerprint density at radius 3 is 1.62 bits per heavy atom.